The average Bonchev–Trinajstić information content (AvgIpc) is 2.52. The van der Waals surface area contributed by atoms with E-state index in [4.69, 9.17) is 4.74 Å². The monoisotopic (exact) mass is 270 g/mol. The van der Waals surface area contributed by atoms with E-state index in [-0.39, 0.29) is 6.61 Å². The highest BCUT2D eigenvalue weighted by atomic mass is 16.5. The summed E-state index contributed by atoms with van der Waals surface area (Å²) in [5.41, 5.74) is 3.30. The van der Waals surface area contributed by atoms with Gasteiger partial charge in [0.1, 0.15) is 12.4 Å². The van der Waals surface area contributed by atoms with Crippen molar-refractivity contribution < 1.29 is 9.84 Å². The number of aliphatic hydroxyl groups excluding tert-OH is 1. The van der Waals surface area contributed by atoms with Gasteiger partial charge in [0, 0.05) is 0 Å². The Balaban J connectivity index is 2.09. The molecule has 2 nitrogen and oxygen atoms in total. The van der Waals surface area contributed by atoms with E-state index in [1.165, 1.54) is 11.1 Å². The van der Waals surface area contributed by atoms with Crippen molar-refractivity contribution >= 4 is 0 Å². The first-order valence-corrected chi connectivity index (χ1v) is 7.23. The molecule has 0 heterocycles. The molecule has 0 atom stereocenters. The van der Waals surface area contributed by atoms with Crippen LogP contribution in [0.3, 0.4) is 0 Å². The number of aryl methyl sites for hydroxylation is 1. The van der Waals surface area contributed by atoms with E-state index in [0.29, 0.717) is 6.61 Å². The van der Waals surface area contributed by atoms with Crippen molar-refractivity contribution in [3.8, 4) is 5.75 Å². The van der Waals surface area contributed by atoms with Gasteiger partial charge < -0.3 is 9.84 Å². The quantitative estimate of drug-likeness (QED) is 0.820. The fourth-order valence-electron chi connectivity index (χ4n) is 2.17. The van der Waals surface area contributed by atoms with Crippen molar-refractivity contribution in [2.45, 2.75) is 39.4 Å². The normalized spacial score (nSPS) is 10.5. The van der Waals surface area contributed by atoms with Crippen LogP contribution in [0.1, 0.15) is 36.5 Å². The molecule has 0 fully saturated rings. The number of benzene rings is 2. The molecule has 0 aliphatic rings. The van der Waals surface area contributed by atoms with E-state index in [1.807, 2.05) is 30.3 Å². The number of rotatable bonds is 7. The van der Waals surface area contributed by atoms with Gasteiger partial charge in [-0.2, -0.15) is 0 Å². The van der Waals surface area contributed by atoms with Gasteiger partial charge in [-0.1, -0.05) is 49.7 Å². The molecule has 2 rings (SSSR count). The van der Waals surface area contributed by atoms with Crippen LogP contribution in [-0.2, 0) is 19.6 Å². The van der Waals surface area contributed by atoms with Gasteiger partial charge in [0.15, 0.2) is 0 Å². The molecule has 2 heteroatoms. The van der Waals surface area contributed by atoms with Gasteiger partial charge in [0.05, 0.1) is 6.61 Å². The van der Waals surface area contributed by atoms with E-state index in [1.54, 1.807) is 0 Å². The Morgan fingerprint density at radius 2 is 1.80 bits per heavy atom. The minimum Gasteiger partial charge on any atom is -0.489 e. The Hall–Kier alpha value is -1.80. The van der Waals surface area contributed by atoms with Crippen LogP contribution in [0.15, 0.2) is 48.5 Å². The van der Waals surface area contributed by atoms with Gasteiger partial charge in [-0.05, 0) is 41.7 Å². The van der Waals surface area contributed by atoms with E-state index < -0.39 is 0 Å². The van der Waals surface area contributed by atoms with Crippen LogP contribution >= 0.6 is 0 Å². The largest absolute Gasteiger partial charge is 0.489 e. The van der Waals surface area contributed by atoms with E-state index in [0.717, 1.165) is 30.6 Å². The molecule has 106 valence electrons. The molecule has 0 bridgehead atoms. The van der Waals surface area contributed by atoms with E-state index >= 15 is 0 Å². The molecule has 0 radical (unpaired) electrons. The molecule has 0 saturated carbocycles. The number of unbranched alkanes of at least 4 members (excludes halogenated alkanes) is 1. The third-order valence-electron chi connectivity index (χ3n) is 3.34. The van der Waals surface area contributed by atoms with E-state index in [2.05, 4.69) is 25.1 Å². The molecular weight excluding hydrogens is 248 g/mol. The lowest BCUT2D eigenvalue weighted by Crippen LogP contribution is -2.00. The highest BCUT2D eigenvalue weighted by Crippen LogP contribution is 2.23. The smallest absolute Gasteiger partial charge is 0.123 e. The second-order valence-electron chi connectivity index (χ2n) is 4.98. The number of ether oxygens (including phenoxy) is 1. The van der Waals surface area contributed by atoms with Crippen LogP contribution in [0.25, 0.3) is 0 Å². The number of hydrogen-bond donors (Lipinski definition) is 1. The predicted octanol–water partition coefficient (Wildman–Crippen LogP) is 4.10. The zero-order valence-corrected chi connectivity index (χ0v) is 12.0. The van der Waals surface area contributed by atoms with Crippen LogP contribution in [0.5, 0.6) is 5.75 Å². The SMILES string of the molecule is CCCCc1cc(CO)ccc1OCc1ccccc1. The maximum atomic E-state index is 9.25. The summed E-state index contributed by atoms with van der Waals surface area (Å²) in [4.78, 5) is 0. The molecule has 2 aromatic carbocycles. The van der Waals surface area contributed by atoms with Crippen LogP contribution in [0.4, 0.5) is 0 Å². The van der Waals surface area contributed by atoms with Crippen molar-refractivity contribution in [1.29, 1.82) is 0 Å². The molecular formula is C18H22O2. The fourth-order valence-corrected chi connectivity index (χ4v) is 2.17. The summed E-state index contributed by atoms with van der Waals surface area (Å²) in [6, 6.07) is 16.1. The molecule has 1 N–H and O–H groups in total. The standard InChI is InChI=1S/C18H22O2/c1-2-3-9-17-12-16(13-19)10-11-18(17)20-14-15-7-5-4-6-8-15/h4-8,10-12,19H,2-3,9,13-14H2,1H3. The molecule has 0 amide bonds. The summed E-state index contributed by atoms with van der Waals surface area (Å²) in [6.45, 7) is 2.84. The average molecular weight is 270 g/mol. The predicted molar refractivity (Wildman–Crippen MR) is 81.8 cm³/mol. The Morgan fingerprint density at radius 1 is 1.00 bits per heavy atom. The van der Waals surface area contributed by atoms with Crippen molar-refractivity contribution in [3.63, 3.8) is 0 Å². The van der Waals surface area contributed by atoms with Gasteiger partial charge in [-0.25, -0.2) is 0 Å². The van der Waals surface area contributed by atoms with Crippen LogP contribution in [0.2, 0.25) is 0 Å². The summed E-state index contributed by atoms with van der Waals surface area (Å²) < 4.78 is 5.94. The summed E-state index contributed by atoms with van der Waals surface area (Å²) in [5, 5.41) is 9.25. The zero-order valence-electron chi connectivity index (χ0n) is 12.0. The van der Waals surface area contributed by atoms with Crippen LogP contribution in [-0.4, -0.2) is 5.11 Å². The molecule has 0 unspecified atom stereocenters. The van der Waals surface area contributed by atoms with Crippen molar-refractivity contribution in [3.05, 3.63) is 65.2 Å². The third-order valence-corrected chi connectivity index (χ3v) is 3.34. The first-order valence-electron chi connectivity index (χ1n) is 7.23. The minimum absolute atomic E-state index is 0.0814. The Bertz CT molecular complexity index is 520. The van der Waals surface area contributed by atoms with Crippen molar-refractivity contribution in [2.75, 3.05) is 0 Å². The van der Waals surface area contributed by atoms with E-state index in [9.17, 15) is 5.11 Å². The maximum absolute atomic E-state index is 9.25. The Morgan fingerprint density at radius 3 is 2.50 bits per heavy atom. The summed E-state index contributed by atoms with van der Waals surface area (Å²) in [6.07, 6.45) is 3.28. The molecule has 0 spiro atoms. The third kappa shape index (κ3) is 4.10. The Kier molecular flexibility index (Phi) is 5.63. The highest BCUT2D eigenvalue weighted by molar-refractivity contribution is 5.37. The first kappa shape index (κ1) is 14.6. The zero-order chi connectivity index (χ0) is 14.2. The highest BCUT2D eigenvalue weighted by Gasteiger charge is 2.05. The molecule has 0 aliphatic carbocycles. The molecule has 0 saturated heterocycles. The molecule has 2 aromatic rings. The Labute approximate surface area is 121 Å². The fraction of sp³-hybridized carbons (Fsp3) is 0.333. The minimum atomic E-state index is 0.0814. The lowest BCUT2D eigenvalue weighted by atomic mass is 10.0. The van der Waals surface area contributed by atoms with Gasteiger partial charge >= 0.3 is 0 Å². The molecule has 0 aromatic heterocycles. The van der Waals surface area contributed by atoms with Gasteiger partial charge in [0.2, 0.25) is 0 Å². The molecule has 0 aliphatic heterocycles. The lowest BCUT2D eigenvalue weighted by Gasteiger charge is -2.13. The second kappa shape index (κ2) is 7.71. The lowest BCUT2D eigenvalue weighted by molar-refractivity contribution is 0.280. The molecule has 20 heavy (non-hydrogen) atoms. The van der Waals surface area contributed by atoms with Gasteiger partial charge in [-0.15, -0.1) is 0 Å². The van der Waals surface area contributed by atoms with Gasteiger partial charge in [-0.3, -0.25) is 0 Å². The van der Waals surface area contributed by atoms with Crippen molar-refractivity contribution in [2.24, 2.45) is 0 Å². The number of hydrogen-bond acceptors (Lipinski definition) is 2. The van der Waals surface area contributed by atoms with Crippen molar-refractivity contribution in [1.82, 2.24) is 0 Å². The van der Waals surface area contributed by atoms with Crippen LogP contribution < -0.4 is 4.74 Å². The first-order chi connectivity index (χ1) is 9.83. The van der Waals surface area contributed by atoms with Crippen LogP contribution in [0, 0.1) is 0 Å². The summed E-state index contributed by atoms with van der Waals surface area (Å²) in [5.74, 6) is 0.930. The maximum Gasteiger partial charge on any atom is 0.123 e. The second-order valence-corrected chi connectivity index (χ2v) is 4.98. The number of aliphatic hydroxyl groups is 1. The topological polar surface area (TPSA) is 29.5 Å². The summed E-state index contributed by atoms with van der Waals surface area (Å²) in [7, 11) is 0. The summed E-state index contributed by atoms with van der Waals surface area (Å²) >= 11 is 0. The van der Waals surface area contributed by atoms with Gasteiger partial charge in [0.25, 0.3) is 0 Å².